The molecule has 0 aromatic heterocycles. The number of amidine groups is 1. The fourth-order valence-electron chi connectivity index (χ4n) is 3.36. The van der Waals surface area contributed by atoms with Gasteiger partial charge in [-0.2, -0.15) is 8.42 Å². The molecule has 1 N–H and O–H groups in total. The van der Waals surface area contributed by atoms with Crippen molar-refractivity contribution in [1.29, 1.82) is 0 Å². The zero-order valence-electron chi connectivity index (χ0n) is 16.2. The number of nitrogens with zero attached hydrogens (tertiary/aromatic N) is 2. The molecule has 2 aromatic carbocycles. The largest absolute Gasteiger partial charge is 0.486 e. The predicted octanol–water partition coefficient (Wildman–Crippen LogP) is 1.85. The molecule has 0 radical (unpaired) electrons. The average Bonchev–Trinajstić information content (AvgIpc) is 2.99. The third kappa shape index (κ3) is 4.08. The summed E-state index contributed by atoms with van der Waals surface area (Å²) in [6.07, 6.45) is 0.559. The topological polar surface area (TPSA) is 97.3 Å². The minimum Gasteiger partial charge on any atom is -0.486 e. The van der Waals surface area contributed by atoms with Crippen molar-refractivity contribution in [3.8, 4) is 11.5 Å². The Hall–Kier alpha value is -2.78. The second-order valence-electron chi connectivity index (χ2n) is 6.94. The minimum absolute atomic E-state index is 0.0232. The van der Waals surface area contributed by atoms with E-state index in [4.69, 9.17) is 21.1 Å². The molecule has 158 valence electrons. The zero-order valence-corrected chi connectivity index (χ0v) is 17.8. The van der Waals surface area contributed by atoms with E-state index >= 15 is 0 Å². The van der Waals surface area contributed by atoms with E-state index in [0.29, 0.717) is 48.3 Å². The Morgan fingerprint density at radius 3 is 2.83 bits per heavy atom. The first-order chi connectivity index (χ1) is 14.3. The summed E-state index contributed by atoms with van der Waals surface area (Å²) in [6, 6.07) is 10.2. The number of carbonyl (C=O) groups excluding carboxylic acids is 1. The molecule has 0 bridgehead atoms. The van der Waals surface area contributed by atoms with Crippen molar-refractivity contribution in [3.63, 3.8) is 0 Å². The highest BCUT2D eigenvalue weighted by molar-refractivity contribution is 7.90. The van der Waals surface area contributed by atoms with Gasteiger partial charge in [0.1, 0.15) is 18.1 Å². The van der Waals surface area contributed by atoms with Crippen molar-refractivity contribution in [2.75, 3.05) is 33.4 Å². The number of fused-ring (bicyclic) bond motifs is 2. The maximum Gasteiger partial charge on any atom is 0.285 e. The van der Waals surface area contributed by atoms with Gasteiger partial charge in [0, 0.05) is 19.2 Å². The van der Waals surface area contributed by atoms with Crippen LogP contribution in [-0.4, -0.2) is 58.4 Å². The van der Waals surface area contributed by atoms with Crippen molar-refractivity contribution in [2.24, 2.45) is 4.40 Å². The summed E-state index contributed by atoms with van der Waals surface area (Å²) in [6.45, 7) is 1.31. The van der Waals surface area contributed by atoms with Gasteiger partial charge >= 0.3 is 0 Å². The Bertz CT molecular complexity index is 1130. The second kappa shape index (κ2) is 8.16. The highest BCUT2D eigenvalue weighted by atomic mass is 35.5. The van der Waals surface area contributed by atoms with Gasteiger partial charge in [0.25, 0.3) is 10.0 Å². The maximum absolute atomic E-state index is 12.3. The Balaban J connectivity index is 1.34. The van der Waals surface area contributed by atoms with Crippen LogP contribution in [0.15, 0.2) is 45.7 Å². The Kier molecular flexibility index (Phi) is 5.57. The minimum atomic E-state index is -3.72. The van der Waals surface area contributed by atoms with Gasteiger partial charge in [0.05, 0.1) is 11.6 Å². The van der Waals surface area contributed by atoms with Crippen LogP contribution in [0.3, 0.4) is 0 Å². The van der Waals surface area contributed by atoms with Gasteiger partial charge in [0.15, 0.2) is 17.3 Å². The maximum atomic E-state index is 12.3. The summed E-state index contributed by atoms with van der Waals surface area (Å²) in [4.78, 5) is 14.0. The fraction of sp³-hybridized carbons (Fsp3) is 0.300. The first-order valence-corrected chi connectivity index (χ1v) is 11.2. The lowest BCUT2D eigenvalue weighted by Crippen LogP contribution is -2.39. The van der Waals surface area contributed by atoms with Crippen molar-refractivity contribution >= 4 is 33.4 Å². The van der Waals surface area contributed by atoms with Gasteiger partial charge in [0.2, 0.25) is 5.91 Å². The molecule has 0 saturated heterocycles. The highest BCUT2D eigenvalue weighted by Gasteiger charge is 2.30. The van der Waals surface area contributed by atoms with Crippen LogP contribution in [0.2, 0.25) is 5.02 Å². The molecular formula is C20H20ClN3O5S. The molecule has 2 heterocycles. The predicted molar refractivity (Wildman–Crippen MR) is 112 cm³/mol. The molecule has 30 heavy (non-hydrogen) atoms. The van der Waals surface area contributed by atoms with Crippen LogP contribution in [0, 0.1) is 0 Å². The van der Waals surface area contributed by atoms with Crippen LogP contribution in [0.1, 0.15) is 11.1 Å². The van der Waals surface area contributed by atoms with Crippen LogP contribution in [0.25, 0.3) is 0 Å². The van der Waals surface area contributed by atoms with E-state index in [9.17, 15) is 13.2 Å². The number of sulfonamides is 1. The van der Waals surface area contributed by atoms with E-state index in [2.05, 4.69) is 9.71 Å². The van der Waals surface area contributed by atoms with Crippen LogP contribution in [0.4, 0.5) is 0 Å². The second-order valence-corrected chi connectivity index (χ2v) is 8.92. The van der Waals surface area contributed by atoms with Crippen LogP contribution in [0.5, 0.6) is 11.5 Å². The summed E-state index contributed by atoms with van der Waals surface area (Å²) in [5.74, 6) is 1.17. The van der Waals surface area contributed by atoms with Crippen molar-refractivity contribution < 1.29 is 22.7 Å². The van der Waals surface area contributed by atoms with E-state index in [1.807, 2.05) is 6.07 Å². The molecule has 10 heteroatoms. The molecule has 2 aliphatic rings. The van der Waals surface area contributed by atoms with Gasteiger partial charge in [-0.25, -0.2) is 0 Å². The number of carbonyl (C=O) groups is 1. The molecular weight excluding hydrogens is 430 g/mol. The summed E-state index contributed by atoms with van der Waals surface area (Å²) < 4.78 is 39.2. The molecule has 0 atom stereocenters. The number of hydrogen-bond donors (Lipinski definition) is 1. The van der Waals surface area contributed by atoms with Crippen LogP contribution >= 0.6 is 11.6 Å². The number of amides is 1. The normalized spacial score (nSPS) is 15.9. The molecule has 4 rings (SSSR count). The van der Waals surface area contributed by atoms with Crippen LogP contribution in [-0.2, 0) is 21.2 Å². The van der Waals surface area contributed by atoms with E-state index in [-0.39, 0.29) is 23.2 Å². The smallest absolute Gasteiger partial charge is 0.285 e. The Morgan fingerprint density at radius 2 is 2.00 bits per heavy atom. The van der Waals surface area contributed by atoms with E-state index in [0.717, 1.165) is 5.56 Å². The number of hydrogen-bond acceptors (Lipinski definition) is 6. The highest BCUT2D eigenvalue weighted by Crippen LogP contribution is 2.38. The third-order valence-electron chi connectivity index (χ3n) is 4.75. The number of ether oxygens (including phenoxy) is 2. The standard InChI is InChI=1S/C20H20ClN3O5S/c1-24(20-14-4-2-3-5-17(14)30(26,27)23-20)12-18(25)22-7-6-13-10-15(21)19-16(11-13)28-8-9-29-19/h2-5,10-11H,6-9,12H2,1H3,(H,22,25). The summed E-state index contributed by atoms with van der Waals surface area (Å²) in [7, 11) is -2.08. The SMILES string of the molecule is CN(CC(=O)NCCc1cc(Cl)c2c(c1)OCCO2)C1=NS(=O)(=O)c2ccccc21. The van der Waals surface area contributed by atoms with Gasteiger partial charge in [-0.15, -0.1) is 4.40 Å². The molecule has 8 nitrogen and oxygen atoms in total. The molecule has 0 aliphatic carbocycles. The summed E-state index contributed by atoms with van der Waals surface area (Å²) >= 11 is 6.23. The van der Waals surface area contributed by atoms with Gasteiger partial charge < -0.3 is 19.7 Å². The lowest BCUT2D eigenvalue weighted by Gasteiger charge is -2.20. The van der Waals surface area contributed by atoms with Gasteiger partial charge in [-0.05, 0) is 36.2 Å². The molecule has 0 spiro atoms. The van der Waals surface area contributed by atoms with Gasteiger partial charge in [-0.3, -0.25) is 4.79 Å². The first kappa shape index (κ1) is 20.5. The van der Waals surface area contributed by atoms with E-state index < -0.39 is 10.0 Å². The Morgan fingerprint density at radius 1 is 1.23 bits per heavy atom. The Labute approximate surface area is 179 Å². The molecule has 0 saturated carbocycles. The van der Waals surface area contributed by atoms with Crippen LogP contribution < -0.4 is 14.8 Å². The monoisotopic (exact) mass is 449 g/mol. The first-order valence-electron chi connectivity index (χ1n) is 9.35. The zero-order chi connectivity index (χ0) is 21.3. The number of halogens is 1. The molecule has 0 unspecified atom stereocenters. The van der Waals surface area contributed by atoms with E-state index in [1.54, 1.807) is 31.3 Å². The van der Waals surface area contributed by atoms with Gasteiger partial charge in [-0.1, -0.05) is 23.7 Å². The quantitative estimate of drug-likeness (QED) is 0.748. The molecule has 2 aliphatic heterocycles. The fourth-order valence-corrected chi connectivity index (χ4v) is 4.90. The number of rotatable bonds is 5. The molecule has 1 amide bonds. The van der Waals surface area contributed by atoms with Crippen molar-refractivity contribution in [2.45, 2.75) is 11.3 Å². The van der Waals surface area contributed by atoms with Crippen molar-refractivity contribution in [3.05, 3.63) is 52.5 Å². The lowest BCUT2D eigenvalue weighted by atomic mass is 10.1. The van der Waals surface area contributed by atoms with Crippen molar-refractivity contribution in [1.82, 2.24) is 10.2 Å². The average molecular weight is 450 g/mol. The number of nitrogens with one attached hydrogen (secondary N) is 1. The lowest BCUT2D eigenvalue weighted by molar-refractivity contribution is -0.121. The molecule has 0 fully saturated rings. The molecule has 2 aromatic rings. The summed E-state index contributed by atoms with van der Waals surface area (Å²) in [5.41, 5.74) is 1.41. The van der Waals surface area contributed by atoms with E-state index in [1.165, 1.54) is 11.0 Å². The number of likely N-dealkylation sites (N-methyl/N-ethyl adjacent to an activating group) is 1. The summed E-state index contributed by atoms with van der Waals surface area (Å²) in [5, 5.41) is 3.31. The number of benzene rings is 2. The third-order valence-corrected chi connectivity index (χ3v) is 6.35.